The number of carbonyl (C=O) groups is 1. The highest BCUT2D eigenvalue weighted by atomic mass is 19.4. The van der Waals surface area contributed by atoms with E-state index in [9.17, 15) is 18.0 Å². The number of nitrogens with zero attached hydrogens (tertiary/aromatic N) is 1. The molecule has 3 aromatic rings. The molecule has 0 spiro atoms. The van der Waals surface area contributed by atoms with Gasteiger partial charge in [-0.05, 0) is 53.9 Å². The van der Waals surface area contributed by atoms with Gasteiger partial charge >= 0.3 is 6.18 Å². The van der Waals surface area contributed by atoms with Crippen LogP contribution in [0.2, 0.25) is 0 Å². The van der Waals surface area contributed by atoms with Crippen LogP contribution >= 0.6 is 0 Å². The Balaban J connectivity index is 1.87. The number of carbonyl (C=O) groups excluding carboxylic acids is 1. The predicted octanol–water partition coefficient (Wildman–Crippen LogP) is 4.90. The summed E-state index contributed by atoms with van der Waals surface area (Å²) in [7, 11) is 0. The first-order valence-electron chi connectivity index (χ1n) is 7.91. The average Bonchev–Trinajstić information content (AvgIpc) is 2.65. The van der Waals surface area contributed by atoms with Crippen molar-refractivity contribution in [2.75, 3.05) is 6.54 Å². The number of rotatable bonds is 4. The molecule has 0 fully saturated rings. The van der Waals surface area contributed by atoms with E-state index in [2.05, 4.69) is 5.32 Å². The molecule has 0 bridgehead atoms. The predicted molar refractivity (Wildman–Crippen MR) is 93.4 cm³/mol. The lowest BCUT2D eigenvalue weighted by Gasteiger charge is -2.11. The van der Waals surface area contributed by atoms with Gasteiger partial charge in [-0.25, -0.2) is 0 Å². The minimum atomic E-state index is -4.40. The first kappa shape index (κ1) is 18.3. The first-order chi connectivity index (χ1) is 12.9. The minimum absolute atomic E-state index is 0.0893. The SMILES string of the molecule is N#CCNC(=O)c1ccc2c(Oc3ccc(C(F)(F)F)cc3)cccc2c1. The van der Waals surface area contributed by atoms with E-state index in [0.29, 0.717) is 16.7 Å². The molecule has 4 nitrogen and oxygen atoms in total. The van der Waals surface area contributed by atoms with Gasteiger partial charge in [-0.15, -0.1) is 0 Å². The quantitative estimate of drug-likeness (QED) is 0.664. The molecule has 3 rings (SSSR count). The van der Waals surface area contributed by atoms with Gasteiger partial charge in [0, 0.05) is 10.9 Å². The van der Waals surface area contributed by atoms with Gasteiger partial charge in [0.2, 0.25) is 0 Å². The highest BCUT2D eigenvalue weighted by molar-refractivity contribution is 6.00. The van der Waals surface area contributed by atoms with Crippen LogP contribution in [0.1, 0.15) is 15.9 Å². The minimum Gasteiger partial charge on any atom is -0.457 e. The summed E-state index contributed by atoms with van der Waals surface area (Å²) in [5.41, 5.74) is -0.356. The number of nitrogens with one attached hydrogen (secondary N) is 1. The van der Waals surface area contributed by atoms with E-state index in [4.69, 9.17) is 10.00 Å². The molecule has 0 saturated carbocycles. The van der Waals surface area contributed by atoms with Crippen molar-refractivity contribution >= 4 is 16.7 Å². The number of hydrogen-bond donors (Lipinski definition) is 1. The van der Waals surface area contributed by atoms with Crippen molar-refractivity contribution < 1.29 is 22.7 Å². The van der Waals surface area contributed by atoms with Crippen molar-refractivity contribution in [3.63, 3.8) is 0 Å². The fourth-order valence-electron chi connectivity index (χ4n) is 2.55. The summed E-state index contributed by atoms with van der Waals surface area (Å²) in [6.07, 6.45) is -4.40. The molecule has 0 aliphatic heterocycles. The van der Waals surface area contributed by atoms with Crippen LogP contribution in [0.4, 0.5) is 13.2 Å². The van der Waals surface area contributed by atoms with Gasteiger partial charge in [-0.3, -0.25) is 4.79 Å². The molecule has 0 unspecified atom stereocenters. The Morgan fingerprint density at radius 3 is 2.48 bits per heavy atom. The Morgan fingerprint density at radius 1 is 1.07 bits per heavy atom. The molecule has 0 aliphatic carbocycles. The summed E-state index contributed by atoms with van der Waals surface area (Å²) < 4.78 is 43.6. The topological polar surface area (TPSA) is 62.1 Å². The highest BCUT2D eigenvalue weighted by Crippen LogP contribution is 2.33. The number of nitriles is 1. The van der Waals surface area contributed by atoms with Crippen molar-refractivity contribution in [1.29, 1.82) is 5.26 Å². The maximum absolute atomic E-state index is 12.6. The second kappa shape index (κ2) is 7.38. The number of amides is 1. The number of benzene rings is 3. The van der Waals surface area contributed by atoms with Crippen LogP contribution in [0, 0.1) is 11.3 Å². The molecule has 3 aromatic carbocycles. The Morgan fingerprint density at radius 2 is 1.81 bits per heavy atom. The second-order valence-corrected chi connectivity index (χ2v) is 5.66. The molecule has 0 aromatic heterocycles. The van der Waals surface area contributed by atoms with E-state index in [1.165, 1.54) is 12.1 Å². The van der Waals surface area contributed by atoms with Gasteiger partial charge < -0.3 is 10.1 Å². The van der Waals surface area contributed by atoms with Crippen LogP contribution in [0.3, 0.4) is 0 Å². The summed E-state index contributed by atoms with van der Waals surface area (Å²) in [4.78, 5) is 12.0. The molecule has 136 valence electrons. The van der Waals surface area contributed by atoms with Crippen LogP contribution in [-0.2, 0) is 6.18 Å². The van der Waals surface area contributed by atoms with Crippen molar-refractivity contribution in [2.45, 2.75) is 6.18 Å². The van der Waals surface area contributed by atoms with Gasteiger partial charge in [0.1, 0.15) is 18.0 Å². The van der Waals surface area contributed by atoms with Crippen molar-refractivity contribution in [1.82, 2.24) is 5.32 Å². The largest absolute Gasteiger partial charge is 0.457 e. The lowest BCUT2D eigenvalue weighted by Crippen LogP contribution is -2.23. The van der Waals surface area contributed by atoms with E-state index >= 15 is 0 Å². The Labute approximate surface area is 152 Å². The summed E-state index contributed by atoms with van der Waals surface area (Å²) in [6.45, 7) is -0.0893. The molecule has 0 aliphatic rings. The third-order valence-corrected chi connectivity index (χ3v) is 3.84. The number of fused-ring (bicyclic) bond motifs is 1. The molecule has 1 N–H and O–H groups in total. The normalized spacial score (nSPS) is 11.0. The lowest BCUT2D eigenvalue weighted by atomic mass is 10.1. The second-order valence-electron chi connectivity index (χ2n) is 5.66. The first-order valence-corrected chi connectivity index (χ1v) is 7.91. The van der Waals surface area contributed by atoms with Gasteiger partial charge in [0.15, 0.2) is 0 Å². The monoisotopic (exact) mass is 370 g/mol. The smallest absolute Gasteiger partial charge is 0.416 e. The highest BCUT2D eigenvalue weighted by Gasteiger charge is 2.30. The van der Waals surface area contributed by atoms with E-state index in [-0.39, 0.29) is 18.2 Å². The van der Waals surface area contributed by atoms with E-state index in [0.717, 1.165) is 17.5 Å². The summed E-state index contributed by atoms with van der Waals surface area (Å²) in [5, 5.41) is 12.4. The Kier molecular flexibility index (Phi) is 4.99. The van der Waals surface area contributed by atoms with Crippen LogP contribution < -0.4 is 10.1 Å². The fourth-order valence-corrected chi connectivity index (χ4v) is 2.55. The molecular weight excluding hydrogens is 357 g/mol. The van der Waals surface area contributed by atoms with E-state index in [1.807, 2.05) is 6.07 Å². The van der Waals surface area contributed by atoms with Crippen LogP contribution in [0.15, 0.2) is 60.7 Å². The molecule has 1 amide bonds. The number of ether oxygens (including phenoxy) is 1. The third kappa shape index (κ3) is 4.18. The maximum Gasteiger partial charge on any atom is 0.416 e. The lowest BCUT2D eigenvalue weighted by molar-refractivity contribution is -0.137. The number of hydrogen-bond acceptors (Lipinski definition) is 3. The molecule has 27 heavy (non-hydrogen) atoms. The number of halogens is 3. The molecule has 0 heterocycles. The molecular formula is C20H13F3N2O2. The van der Waals surface area contributed by atoms with Crippen LogP contribution in [0.25, 0.3) is 10.8 Å². The molecule has 7 heteroatoms. The average molecular weight is 370 g/mol. The summed E-state index contributed by atoms with van der Waals surface area (Å²) in [5.74, 6) is 0.357. The third-order valence-electron chi connectivity index (χ3n) is 3.84. The van der Waals surface area contributed by atoms with Crippen molar-refractivity contribution in [3.8, 4) is 17.6 Å². The zero-order chi connectivity index (χ0) is 19.4. The van der Waals surface area contributed by atoms with Gasteiger partial charge in [0.05, 0.1) is 11.6 Å². The standard InChI is InChI=1S/C20H13F3N2O2/c21-20(22,23)15-5-7-16(8-6-15)27-18-3-1-2-13-12-14(4-9-17(13)18)19(26)25-11-10-24/h1-9,12H,11H2,(H,25,26). The summed E-state index contributed by atoms with van der Waals surface area (Å²) in [6, 6.07) is 16.4. The van der Waals surface area contributed by atoms with Gasteiger partial charge in [0.25, 0.3) is 5.91 Å². The Bertz CT molecular complexity index is 1020. The van der Waals surface area contributed by atoms with Gasteiger partial charge in [-0.2, -0.15) is 18.4 Å². The fraction of sp³-hybridized carbons (Fsp3) is 0.100. The molecule has 0 radical (unpaired) electrons. The van der Waals surface area contributed by atoms with Crippen molar-refractivity contribution in [2.24, 2.45) is 0 Å². The van der Waals surface area contributed by atoms with E-state index < -0.39 is 11.7 Å². The zero-order valence-electron chi connectivity index (χ0n) is 13.9. The van der Waals surface area contributed by atoms with Gasteiger partial charge in [-0.1, -0.05) is 12.1 Å². The maximum atomic E-state index is 12.6. The summed E-state index contributed by atoms with van der Waals surface area (Å²) >= 11 is 0. The molecule has 0 atom stereocenters. The van der Waals surface area contributed by atoms with Crippen LogP contribution in [-0.4, -0.2) is 12.5 Å². The Hall–Kier alpha value is -3.53. The van der Waals surface area contributed by atoms with Crippen molar-refractivity contribution in [3.05, 3.63) is 71.8 Å². The number of alkyl halides is 3. The zero-order valence-corrected chi connectivity index (χ0v) is 13.9. The molecule has 0 saturated heterocycles. The van der Waals surface area contributed by atoms with E-state index in [1.54, 1.807) is 36.4 Å². The van der Waals surface area contributed by atoms with Crippen LogP contribution in [0.5, 0.6) is 11.5 Å².